The van der Waals surface area contributed by atoms with Crippen molar-refractivity contribution in [3.05, 3.63) is 0 Å². The predicted molar refractivity (Wildman–Crippen MR) is 60.6 cm³/mol. The third-order valence-electron chi connectivity index (χ3n) is 3.77. The van der Waals surface area contributed by atoms with Crippen molar-refractivity contribution in [3.63, 3.8) is 0 Å². The topological polar surface area (TPSA) is 32.3 Å². The maximum Gasteiger partial charge on any atom is 0.222 e. The Morgan fingerprint density at radius 2 is 2.13 bits per heavy atom. The fourth-order valence-electron chi connectivity index (χ4n) is 2.44. The highest BCUT2D eigenvalue weighted by molar-refractivity contribution is 5.76. The summed E-state index contributed by atoms with van der Waals surface area (Å²) in [5.74, 6) is 1.03. The standard InChI is InChI=1S/C12H22N2O/c1-14(9-11-6-3-7-13-11)12(15)8-10-4-2-5-10/h10-11,13H,2-9H2,1H3. The van der Waals surface area contributed by atoms with E-state index in [-0.39, 0.29) is 0 Å². The van der Waals surface area contributed by atoms with Crippen molar-refractivity contribution in [3.8, 4) is 0 Å². The predicted octanol–water partition coefficient (Wildman–Crippen LogP) is 1.39. The van der Waals surface area contributed by atoms with Crippen LogP contribution in [0.15, 0.2) is 0 Å². The molecule has 86 valence electrons. The smallest absolute Gasteiger partial charge is 0.222 e. The Bertz CT molecular complexity index is 220. The Labute approximate surface area is 92.2 Å². The van der Waals surface area contributed by atoms with Gasteiger partial charge in [0, 0.05) is 26.1 Å². The van der Waals surface area contributed by atoms with E-state index in [9.17, 15) is 4.79 Å². The van der Waals surface area contributed by atoms with Crippen LogP contribution in [0.2, 0.25) is 0 Å². The fraction of sp³-hybridized carbons (Fsp3) is 0.917. The van der Waals surface area contributed by atoms with E-state index in [4.69, 9.17) is 0 Å². The highest BCUT2D eigenvalue weighted by Crippen LogP contribution is 2.29. The number of amides is 1. The molecule has 1 amide bonds. The summed E-state index contributed by atoms with van der Waals surface area (Å²) in [6.45, 7) is 2.01. The van der Waals surface area contributed by atoms with E-state index in [0.717, 1.165) is 19.5 Å². The van der Waals surface area contributed by atoms with Crippen molar-refractivity contribution >= 4 is 5.91 Å². The van der Waals surface area contributed by atoms with Gasteiger partial charge < -0.3 is 10.2 Å². The van der Waals surface area contributed by atoms with E-state index < -0.39 is 0 Å². The largest absolute Gasteiger partial charge is 0.344 e. The van der Waals surface area contributed by atoms with E-state index in [0.29, 0.717) is 17.9 Å². The van der Waals surface area contributed by atoms with Gasteiger partial charge in [-0.15, -0.1) is 0 Å². The maximum atomic E-state index is 11.8. The minimum atomic E-state index is 0.341. The molecule has 0 bridgehead atoms. The Morgan fingerprint density at radius 1 is 1.33 bits per heavy atom. The molecule has 0 spiro atoms. The normalized spacial score (nSPS) is 26.3. The lowest BCUT2D eigenvalue weighted by molar-refractivity contribution is -0.131. The Balaban J connectivity index is 1.68. The molecular formula is C12H22N2O. The van der Waals surface area contributed by atoms with Crippen molar-refractivity contribution in [2.45, 2.75) is 44.6 Å². The van der Waals surface area contributed by atoms with Gasteiger partial charge in [0.2, 0.25) is 5.91 Å². The van der Waals surface area contributed by atoms with Crippen molar-refractivity contribution in [1.29, 1.82) is 0 Å². The summed E-state index contributed by atoms with van der Waals surface area (Å²) < 4.78 is 0. The average Bonchev–Trinajstić information content (AvgIpc) is 2.63. The Morgan fingerprint density at radius 3 is 2.67 bits per heavy atom. The molecule has 1 saturated heterocycles. The first kappa shape index (κ1) is 10.9. The van der Waals surface area contributed by atoms with E-state index in [1.807, 2.05) is 11.9 Å². The van der Waals surface area contributed by atoms with Gasteiger partial charge in [-0.2, -0.15) is 0 Å². The van der Waals surface area contributed by atoms with Crippen LogP contribution >= 0.6 is 0 Å². The van der Waals surface area contributed by atoms with Crippen LogP contribution in [0.25, 0.3) is 0 Å². The zero-order valence-corrected chi connectivity index (χ0v) is 9.67. The molecular weight excluding hydrogens is 188 g/mol. The molecule has 3 nitrogen and oxygen atoms in total. The molecule has 0 aromatic carbocycles. The molecule has 0 aromatic rings. The van der Waals surface area contributed by atoms with Gasteiger partial charge in [-0.1, -0.05) is 6.42 Å². The summed E-state index contributed by atoms with van der Waals surface area (Å²) in [4.78, 5) is 13.8. The SMILES string of the molecule is CN(CC1CCCN1)C(=O)CC1CCC1. The number of hydrogen-bond acceptors (Lipinski definition) is 2. The monoisotopic (exact) mass is 210 g/mol. The summed E-state index contributed by atoms with van der Waals surface area (Å²) >= 11 is 0. The molecule has 2 rings (SSSR count). The van der Waals surface area contributed by atoms with Crippen molar-refractivity contribution in [2.24, 2.45) is 5.92 Å². The first-order chi connectivity index (χ1) is 7.25. The number of carbonyl (C=O) groups is 1. The van der Waals surface area contributed by atoms with Crippen molar-refractivity contribution in [2.75, 3.05) is 20.1 Å². The van der Waals surface area contributed by atoms with Gasteiger partial charge in [0.25, 0.3) is 0 Å². The number of rotatable bonds is 4. The number of nitrogens with one attached hydrogen (secondary N) is 1. The maximum absolute atomic E-state index is 11.8. The summed E-state index contributed by atoms with van der Waals surface area (Å²) in [6.07, 6.45) is 7.12. The lowest BCUT2D eigenvalue weighted by Gasteiger charge is -2.28. The molecule has 1 aliphatic carbocycles. The first-order valence-corrected chi connectivity index (χ1v) is 6.23. The van der Waals surface area contributed by atoms with Crippen LogP contribution in [0.5, 0.6) is 0 Å². The third-order valence-corrected chi connectivity index (χ3v) is 3.77. The Hall–Kier alpha value is -0.570. The summed E-state index contributed by atoms with van der Waals surface area (Å²) in [6, 6.07) is 0.542. The lowest BCUT2D eigenvalue weighted by atomic mass is 9.83. The Kier molecular flexibility index (Phi) is 3.62. The van der Waals surface area contributed by atoms with E-state index >= 15 is 0 Å². The number of nitrogens with zero attached hydrogens (tertiary/aromatic N) is 1. The molecule has 1 unspecified atom stereocenters. The molecule has 1 aliphatic heterocycles. The van der Waals surface area contributed by atoms with Gasteiger partial charge in [0.15, 0.2) is 0 Å². The minimum Gasteiger partial charge on any atom is -0.344 e. The molecule has 1 heterocycles. The summed E-state index contributed by atoms with van der Waals surface area (Å²) in [5, 5.41) is 3.43. The summed E-state index contributed by atoms with van der Waals surface area (Å²) in [7, 11) is 1.95. The van der Waals surface area contributed by atoms with E-state index in [2.05, 4.69) is 5.32 Å². The van der Waals surface area contributed by atoms with Gasteiger partial charge in [0.1, 0.15) is 0 Å². The van der Waals surface area contributed by atoms with E-state index in [1.54, 1.807) is 0 Å². The zero-order valence-electron chi connectivity index (χ0n) is 9.67. The second-order valence-corrected chi connectivity index (χ2v) is 5.07. The highest BCUT2D eigenvalue weighted by atomic mass is 16.2. The first-order valence-electron chi connectivity index (χ1n) is 6.23. The molecule has 1 saturated carbocycles. The summed E-state index contributed by atoms with van der Waals surface area (Å²) in [5.41, 5.74) is 0. The molecule has 15 heavy (non-hydrogen) atoms. The van der Waals surface area contributed by atoms with Gasteiger partial charge in [-0.05, 0) is 38.1 Å². The molecule has 3 heteroatoms. The molecule has 1 N–H and O–H groups in total. The number of carbonyl (C=O) groups excluding carboxylic acids is 1. The third kappa shape index (κ3) is 2.94. The van der Waals surface area contributed by atoms with Gasteiger partial charge in [-0.3, -0.25) is 4.79 Å². The van der Waals surface area contributed by atoms with Crippen LogP contribution in [0.4, 0.5) is 0 Å². The molecule has 0 radical (unpaired) electrons. The van der Waals surface area contributed by atoms with Crippen molar-refractivity contribution in [1.82, 2.24) is 10.2 Å². The number of hydrogen-bond donors (Lipinski definition) is 1. The second kappa shape index (κ2) is 4.97. The average molecular weight is 210 g/mol. The quantitative estimate of drug-likeness (QED) is 0.760. The molecule has 0 aromatic heterocycles. The van der Waals surface area contributed by atoms with Crippen LogP contribution in [-0.2, 0) is 4.79 Å². The zero-order chi connectivity index (χ0) is 10.7. The lowest BCUT2D eigenvalue weighted by Crippen LogP contribution is -2.39. The van der Waals surface area contributed by atoms with Crippen LogP contribution in [0, 0.1) is 5.92 Å². The second-order valence-electron chi connectivity index (χ2n) is 5.07. The van der Waals surface area contributed by atoms with Gasteiger partial charge in [0.05, 0.1) is 0 Å². The van der Waals surface area contributed by atoms with Crippen LogP contribution in [0.3, 0.4) is 0 Å². The van der Waals surface area contributed by atoms with Crippen molar-refractivity contribution < 1.29 is 4.79 Å². The highest BCUT2D eigenvalue weighted by Gasteiger charge is 2.24. The molecule has 2 aliphatic rings. The van der Waals surface area contributed by atoms with Crippen LogP contribution < -0.4 is 5.32 Å². The van der Waals surface area contributed by atoms with Gasteiger partial charge in [-0.25, -0.2) is 0 Å². The fourth-order valence-corrected chi connectivity index (χ4v) is 2.44. The number of likely N-dealkylation sites (N-methyl/N-ethyl adjacent to an activating group) is 1. The molecule has 2 fully saturated rings. The minimum absolute atomic E-state index is 0.341. The van der Waals surface area contributed by atoms with Crippen LogP contribution in [0.1, 0.15) is 38.5 Å². The van der Waals surface area contributed by atoms with E-state index in [1.165, 1.54) is 32.1 Å². The molecule has 1 atom stereocenters. The van der Waals surface area contributed by atoms with Crippen LogP contribution in [-0.4, -0.2) is 37.0 Å². The van der Waals surface area contributed by atoms with Gasteiger partial charge >= 0.3 is 0 Å².